The van der Waals surface area contributed by atoms with E-state index in [9.17, 15) is 0 Å². The molecule has 0 saturated carbocycles. The fraction of sp³-hybridized carbons (Fsp3) is 0.100. The zero-order valence-corrected chi connectivity index (χ0v) is 12.2. The Hall–Kier alpha value is -2.54. The molecule has 1 nitrogen and oxygen atoms in total. The molecule has 0 bridgehead atoms. The molecule has 0 amide bonds. The Morgan fingerprint density at radius 1 is 0.619 bits per heavy atom. The zero-order chi connectivity index (χ0) is 14.4. The van der Waals surface area contributed by atoms with Crippen LogP contribution in [-0.2, 0) is 0 Å². The molecule has 0 atom stereocenters. The summed E-state index contributed by atoms with van der Waals surface area (Å²) in [4.78, 5) is 0. The second-order valence-electron chi connectivity index (χ2n) is 5.69. The summed E-state index contributed by atoms with van der Waals surface area (Å²) in [5, 5.41) is 2.36. The number of hydrogen-bond donors (Lipinski definition) is 0. The van der Waals surface area contributed by atoms with Gasteiger partial charge in [-0.1, -0.05) is 53.6 Å². The van der Waals surface area contributed by atoms with Crippen molar-refractivity contribution in [3.8, 4) is 11.1 Å². The van der Waals surface area contributed by atoms with E-state index in [0.717, 1.165) is 11.2 Å². The number of benzene rings is 3. The SMILES string of the molecule is Cc1cc(C)cc(-c2ccc3oc4ccccc4c3c2)c1. The lowest BCUT2D eigenvalue weighted by molar-refractivity contribution is 0.669. The normalized spacial score (nSPS) is 11.3. The Morgan fingerprint density at radius 3 is 2.14 bits per heavy atom. The third kappa shape index (κ3) is 2.02. The standard InChI is InChI=1S/C20H16O/c1-13-9-14(2)11-16(10-13)15-7-8-20-18(12-15)17-5-3-4-6-19(17)21-20/h3-12H,1-2H3. The van der Waals surface area contributed by atoms with Crippen molar-refractivity contribution >= 4 is 21.9 Å². The Labute approximate surface area is 123 Å². The quantitative estimate of drug-likeness (QED) is 0.422. The second-order valence-corrected chi connectivity index (χ2v) is 5.69. The van der Waals surface area contributed by atoms with Gasteiger partial charge >= 0.3 is 0 Å². The summed E-state index contributed by atoms with van der Waals surface area (Å²) in [6.07, 6.45) is 0. The molecule has 4 rings (SSSR count). The van der Waals surface area contributed by atoms with Crippen LogP contribution in [0.1, 0.15) is 11.1 Å². The van der Waals surface area contributed by atoms with Crippen LogP contribution in [0.5, 0.6) is 0 Å². The van der Waals surface area contributed by atoms with Gasteiger partial charge in [-0.15, -0.1) is 0 Å². The Bertz CT molecular complexity index is 940. The molecule has 1 heterocycles. The van der Waals surface area contributed by atoms with Crippen LogP contribution in [0.25, 0.3) is 33.1 Å². The fourth-order valence-corrected chi connectivity index (χ4v) is 3.05. The molecule has 1 aromatic heterocycles. The molecule has 0 saturated heterocycles. The largest absolute Gasteiger partial charge is 0.456 e. The van der Waals surface area contributed by atoms with E-state index in [4.69, 9.17) is 4.42 Å². The highest BCUT2D eigenvalue weighted by molar-refractivity contribution is 6.06. The predicted octanol–water partition coefficient (Wildman–Crippen LogP) is 5.87. The number of aryl methyl sites for hydroxylation is 2. The molecule has 0 aliphatic carbocycles. The summed E-state index contributed by atoms with van der Waals surface area (Å²) in [6, 6.07) is 21.3. The van der Waals surface area contributed by atoms with Crippen molar-refractivity contribution in [2.45, 2.75) is 13.8 Å². The van der Waals surface area contributed by atoms with Gasteiger partial charge in [0, 0.05) is 10.8 Å². The molecule has 4 aromatic rings. The van der Waals surface area contributed by atoms with Crippen LogP contribution in [0.4, 0.5) is 0 Å². The van der Waals surface area contributed by atoms with Crippen molar-refractivity contribution in [3.63, 3.8) is 0 Å². The molecule has 0 radical (unpaired) electrons. The van der Waals surface area contributed by atoms with Gasteiger partial charge in [0.25, 0.3) is 0 Å². The molecule has 0 unspecified atom stereocenters. The highest BCUT2D eigenvalue weighted by Gasteiger charge is 2.08. The molecule has 102 valence electrons. The van der Waals surface area contributed by atoms with Crippen LogP contribution in [0.15, 0.2) is 65.1 Å². The first-order chi connectivity index (χ1) is 10.2. The minimum atomic E-state index is 0.948. The molecule has 0 fully saturated rings. The maximum absolute atomic E-state index is 5.89. The number of furan rings is 1. The topological polar surface area (TPSA) is 13.1 Å². The van der Waals surface area contributed by atoms with Gasteiger partial charge in [0.15, 0.2) is 0 Å². The summed E-state index contributed by atoms with van der Waals surface area (Å²) >= 11 is 0. The van der Waals surface area contributed by atoms with Crippen molar-refractivity contribution in [2.24, 2.45) is 0 Å². The number of para-hydroxylation sites is 1. The molecule has 1 heteroatoms. The Kier molecular flexibility index (Phi) is 2.61. The summed E-state index contributed by atoms with van der Waals surface area (Å²) in [5.41, 5.74) is 6.99. The highest BCUT2D eigenvalue weighted by atomic mass is 16.3. The van der Waals surface area contributed by atoms with Gasteiger partial charge in [-0.2, -0.15) is 0 Å². The van der Waals surface area contributed by atoms with Crippen molar-refractivity contribution in [3.05, 3.63) is 71.8 Å². The summed E-state index contributed by atoms with van der Waals surface area (Å²) < 4.78 is 5.89. The third-order valence-electron chi connectivity index (χ3n) is 3.93. The van der Waals surface area contributed by atoms with E-state index >= 15 is 0 Å². The monoisotopic (exact) mass is 272 g/mol. The lowest BCUT2D eigenvalue weighted by Crippen LogP contribution is -1.82. The molecule has 0 aliphatic heterocycles. The van der Waals surface area contributed by atoms with E-state index < -0.39 is 0 Å². The molecule has 0 spiro atoms. The average Bonchev–Trinajstić information content (AvgIpc) is 2.84. The van der Waals surface area contributed by atoms with E-state index in [-0.39, 0.29) is 0 Å². The minimum absolute atomic E-state index is 0.948. The van der Waals surface area contributed by atoms with E-state index in [1.54, 1.807) is 0 Å². The van der Waals surface area contributed by atoms with Gasteiger partial charge in [-0.05, 0) is 43.2 Å². The molecule has 3 aromatic carbocycles. The van der Waals surface area contributed by atoms with Gasteiger partial charge in [0.1, 0.15) is 11.2 Å². The maximum atomic E-state index is 5.89. The predicted molar refractivity (Wildman–Crippen MR) is 88.6 cm³/mol. The van der Waals surface area contributed by atoms with E-state index in [1.165, 1.54) is 33.0 Å². The summed E-state index contributed by atoms with van der Waals surface area (Å²) in [6.45, 7) is 4.28. The smallest absolute Gasteiger partial charge is 0.135 e. The molecular formula is C20H16O. The van der Waals surface area contributed by atoms with Crippen LogP contribution in [0.3, 0.4) is 0 Å². The number of rotatable bonds is 1. The zero-order valence-electron chi connectivity index (χ0n) is 12.2. The lowest BCUT2D eigenvalue weighted by atomic mass is 9.99. The van der Waals surface area contributed by atoms with Crippen molar-refractivity contribution in [1.82, 2.24) is 0 Å². The second kappa shape index (κ2) is 4.49. The summed E-state index contributed by atoms with van der Waals surface area (Å²) in [5.74, 6) is 0. The third-order valence-corrected chi connectivity index (χ3v) is 3.93. The molecule has 0 aliphatic rings. The van der Waals surface area contributed by atoms with Gasteiger partial charge in [0.05, 0.1) is 0 Å². The van der Waals surface area contributed by atoms with E-state index in [1.807, 2.05) is 12.1 Å². The molecule has 21 heavy (non-hydrogen) atoms. The summed E-state index contributed by atoms with van der Waals surface area (Å²) in [7, 11) is 0. The first-order valence-electron chi connectivity index (χ1n) is 7.21. The average molecular weight is 272 g/mol. The number of hydrogen-bond acceptors (Lipinski definition) is 1. The first kappa shape index (κ1) is 12.2. The number of fused-ring (bicyclic) bond motifs is 3. The van der Waals surface area contributed by atoms with Crippen molar-refractivity contribution in [1.29, 1.82) is 0 Å². The molecule has 0 N–H and O–H groups in total. The van der Waals surface area contributed by atoms with Gasteiger partial charge < -0.3 is 4.42 Å². The lowest BCUT2D eigenvalue weighted by Gasteiger charge is -2.05. The van der Waals surface area contributed by atoms with Crippen molar-refractivity contribution < 1.29 is 4.42 Å². The van der Waals surface area contributed by atoms with Crippen LogP contribution < -0.4 is 0 Å². The Balaban J connectivity index is 1.99. The first-order valence-corrected chi connectivity index (χ1v) is 7.21. The van der Waals surface area contributed by atoms with Gasteiger partial charge in [0.2, 0.25) is 0 Å². The van der Waals surface area contributed by atoms with Gasteiger partial charge in [-0.25, -0.2) is 0 Å². The van der Waals surface area contributed by atoms with E-state index in [2.05, 4.69) is 62.4 Å². The molecular weight excluding hydrogens is 256 g/mol. The van der Waals surface area contributed by atoms with Gasteiger partial charge in [-0.3, -0.25) is 0 Å². The van der Waals surface area contributed by atoms with Crippen LogP contribution in [0.2, 0.25) is 0 Å². The van der Waals surface area contributed by atoms with Crippen molar-refractivity contribution in [2.75, 3.05) is 0 Å². The Morgan fingerprint density at radius 2 is 1.33 bits per heavy atom. The van der Waals surface area contributed by atoms with Crippen LogP contribution in [-0.4, -0.2) is 0 Å². The van der Waals surface area contributed by atoms with E-state index in [0.29, 0.717) is 0 Å². The highest BCUT2D eigenvalue weighted by Crippen LogP contribution is 2.32. The van der Waals surface area contributed by atoms with Crippen LogP contribution >= 0.6 is 0 Å². The van der Waals surface area contributed by atoms with Crippen LogP contribution in [0, 0.1) is 13.8 Å². The fourth-order valence-electron chi connectivity index (χ4n) is 3.05. The minimum Gasteiger partial charge on any atom is -0.456 e. The maximum Gasteiger partial charge on any atom is 0.135 e.